The molecule has 4 atom stereocenters. The minimum absolute atomic E-state index is 0.0617. The highest BCUT2D eigenvalue weighted by Gasteiger charge is 2.51. The summed E-state index contributed by atoms with van der Waals surface area (Å²) in [5.74, 6) is -1.76. The molecule has 0 saturated carbocycles. The molecule has 10 heteroatoms. The number of benzene rings is 1. The third kappa shape index (κ3) is 4.97. The number of carbonyl (C=O) groups is 2. The fourth-order valence-electron chi connectivity index (χ4n) is 4.11. The zero-order valence-electron chi connectivity index (χ0n) is 17.2. The number of amides is 2. The lowest BCUT2D eigenvalue weighted by atomic mass is 9.77. The van der Waals surface area contributed by atoms with E-state index in [2.05, 4.69) is 11.9 Å². The van der Waals surface area contributed by atoms with E-state index in [9.17, 15) is 27.9 Å². The number of ether oxygens (including phenoxy) is 1. The van der Waals surface area contributed by atoms with Crippen LogP contribution in [0.15, 0.2) is 48.6 Å². The molecule has 0 spiro atoms. The molecular weight excluding hydrogens is 429 g/mol. The molecular formula is C22H25F3N2O5. The van der Waals surface area contributed by atoms with Gasteiger partial charge in [0.2, 0.25) is 11.8 Å². The van der Waals surface area contributed by atoms with Crippen molar-refractivity contribution in [3.05, 3.63) is 54.1 Å². The standard InChI is InChI=1S/C22H25F3N2O5/c1-2-3-8-17(29)27(12-22(23,24)25)15-11-14(21(31)26-9-10-28)18-13-6-4-5-7-16(13)32-20(18)19(15)30/h2,4-7,11,15,18-20,28,30H,1,3,8-10,12H2,(H,26,31)/t15-,18+,19+,20+/m1/s1. The van der Waals surface area contributed by atoms with Crippen molar-refractivity contribution in [1.82, 2.24) is 10.2 Å². The Morgan fingerprint density at radius 1 is 1.28 bits per heavy atom. The van der Waals surface area contributed by atoms with E-state index >= 15 is 0 Å². The Balaban J connectivity index is 2.04. The van der Waals surface area contributed by atoms with Crippen LogP contribution in [0.2, 0.25) is 0 Å². The summed E-state index contributed by atoms with van der Waals surface area (Å²) in [5.41, 5.74) is 0.688. The van der Waals surface area contributed by atoms with Crippen molar-refractivity contribution in [3.63, 3.8) is 0 Å². The van der Waals surface area contributed by atoms with Crippen LogP contribution in [-0.4, -0.2) is 71.0 Å². The second-order valence-electron chi connectivity index (χ2n) is 7.64. The Bertz CT molecular complexity index is 902. The number of hydrogen-bond acceptors (Lipinski definition) is 5. The maximum atomic E-state index is 13.3. The topological polar surface area (TPSA) is 99.1 Å². The molecule has 1 aliphatic heterocycles. The van der Waals surface area contributed by atoms with Crippen molar-refractivity contribution >= 4 is 11.8 Å². The number of hydrogen-bond donors (Lipinski definition) is 3. The fourth-order valence-corrected chi connectivity index (χ4v) is 4.11. The van der Waals surface area contributed by atoms with E-state index in [1.165, 1.54) is 12.2 Å². The number of aliphatic hydroxyl groups excluding tert-OH is 2. The molecule has 1 heterocycles. The zero-order valence-corrected chi connectivity index (χ0v) is 17.2. The van der Waals surface area contributed by atoms with E-state index in [-0.39, 0.29) is 31.6 Å². The average molecular weight is 454 g/mol. The van der Waals surface area contributed by atoms with Crippen molar-refractivity contribution in [2.24, 2.45) is 0 Å². The number of aliphatic hydroxyl groups is 2. The molecule has 7 nitrogen and oxygen atoms in total. The van der Waals surface area contributed by atoms with Crippen LogP contribution >= 0.6 is 0 Å². The van der Waals surface area contributed by atoms with Gasteiger partial charge in [0.15, 0.2) is 0 Å². The van der Waals surface area contributed by atoms with Gasteiger partial charge in [-0.3, -0.25) is 9.59 Å². The molecule has 2 amide bonds. The number of nitrogens with one attached hydrogen (secondary N) is 1. The van der Waals surface area contributed by atoms with Crippen molar-refractivity contribution in [2.45, 2.75) is 43.2 Å². The van der Waals surface area contributed by atoms with Crippen LogP contribution in [-0.2, 0) is 9.59 Å². The van der Waals surface area contributed by atoms with E-state index in [0.717, 1.165) is 0 Å². The minimum Gasteiger partial charge on any atom is -0.486 e. The number of halogens is 3. The summed E-state index contributed by atoms with van der Waals surface area (Å²) in [7, 11) is 0. The molecule has 2 aliphatic rings. The highest BCUT2D eigenvalue weighted by Crippen LogP contribution is 2.47. The Hall–Kier alpha value is -2.85. The number of allylic oxidation sites excluding steroid dienone is 1. The first-order valence-electron chi connectivity index (χ1n) is 10.2. The Kier molecular flexibility index (Phi) is 7.25. The normalized spacial score (nSPS) is 24.0. The summed E-state index contributed by atoms with van der Waals surface area (Å²) in [4.78, 5) is 26.0. The molecule has 32 heavy (non-hydrogen) atoms. The van der Waals surface area contributed by atoms with Gasteiger partial charge in [-0.2, -0.15) is 13.2 Å². The molecule has 0 radical (unpaired) electrons. The molecule has 3 rings (SSSR count). The monoisotopic (exact) mass is 454 g/mol. The number of nitrogens with zero attached hydrogens (tertiary/aromatic N) is 1. The zero-order chi connectivity index (χ0) is 23.5. The van der Waals surface area contributed by atoms with Crippen LogP contribution in [0.25, 0.3) is 0 Å². The fraction of sp³-hybridized carbons (Fsp3) is 0.455. The highest BCUT2D eigenvalue weighted by molar-refractivity contribution is 5.96. The highest BCUT2D eigenvalue weighted by atomic mass is 19.4. The molecule has 3 N–H and O–H groups in total. The Labute approximate surface area is 183 Å². The summed E-state index contributed by atoms with van der Waals surface area (Å²) >= 11 is 0. The van der Waals surface area contributed by atoms with Crippen LogP contribution in [0, 0.1) is 0 Å². The quantitative estimate of drug-likeness (QED) is 0.519. The first kappa shape index (κ1) is 23.8. The first-order chi connectivity index (χ1) is 15.2. The third-order valence-corrected chi connectivity index (χ3v) is 5.47. The summed E-state index contributed by atoms with van der Waals surface area (Å²) in [6.07, 6.45) is -4.71. The van der Waals surface area contributed by atoms with Crippen LogP contribution in [0.4, 0.5) is 13.2 Å². The van der Waals surface area contributed by atoms with Gasteiger partial charge in [0.05, 0.1) is 18.6 Å². The van der Waals surface area contributed by atoms with Gasteiger partial charge >= 0.3 is 6.18 Å². The van der Waals surface area contributed by atoms with Crippen LogP contribution < -0.4 is 10.1 Å². The molecule has 1 aromatic rings. The van der Waals surface area contributed by atoms with Gasteiger partial charge < -0.3 is 25.2 Å². The Morgan fingerprint density at radius 2 is 2.00 bits per heavy atom. The lowest BCUT2D eigenvalue weighted by Gasteiger charge is -2.41. The summed E-state index contributed by atoms with van der Waals surface area (Å²) in [5, 5.41) is 22.5. The predicted octanol–water partition coefficient (Wildman–Crippen LogP) is 1.67. The molecule has 0 aromatic heterocycles. The van der Waals surface area contributed by atoms with Gasteiger partial charge in [0.1, 0.15) is 24.5 Å². The molecule has 0 unspecified atom stereocenters. The minimum atomic E-state index is -4.72. The van der Waals surface area contributed by atoms with E-state index in [1.807, 2.05) is 0 Å². The second kappa shape index (κ2) is 9.74. The lowest BCUT2D eigenvalue weighted by molar-refractivity contribution is -0.170. The summed E-state index contributed by atoms with van der Waals surface area (Å²) in [6, 6.07) is 5.34. The molecule has 0 saturated heterocycles. The largest absolute Gasteiger partial charge is 0.486 e. The molecule has 1 aromatic carbocycles. The van der Waals surface area contributed by atoms with E-state index in [1.54, 1.807) is 24.3 Å². The van der Waals surface area contributed by atoms with E-state index < -0.39 is 48.7 Å². The van der Waals surface area contributed by atoms with Gasteiger partial charge in [-0.1, -0.05) is 24.3 Å². The number of alkyl halides is 3. The molecule has 1 aliphatic carbocycles. The van der Waals surface area contributed by atoms with Gasteiger partial charge in [0, 0.05) is 24.1 Å². The van der Waals surface area contributed by atoms with E-state index in [0.29, 0.717) is 16.2 Å². The number of para-hydroxylation sites is 1. The van der Waals surface area contributed by atoms with Gasteiger partial charge in [-0.15, -0.1) is 6.58 Å². The predicted molar refractivity (Wildman–Crippen MR) is 109 cm³/mol. The third-order valence-electron chi connectivity index (χ3n) is 5.47. The maximum Gasteiger partial charge on any atom is 0.406 e. The van der Waals surface area contributed by atoms with Crippen LogP contribution in [0.5, 0.6) is 5.75 Å². The lowest BCUT2D eigenvalue weighted by Crippen LogP contribution is -2.57. The Morgan fingerprint density at radius 3 is 2.66 bits per heavy atom. The summed E-state index contributed by atoms with van der Waals surface area (Å²) < 4.78 is 45.8. The molecule has 0 fully saturated rings. The number of carbonyl (C=O) groups excluding carboxylic acids is 2. The first-order valence-corrected chi connectivity index (χ1v) is 10.2. The van der Waals surface area contributed by atoms with Crippen molar-refractivity contribution in [2.75, 3.05) is 19.7 Å². The van der Waals surface area contributed by atoms with Crippen molar-refractivity contribution < 1.29 is 37.7 Å². The SMILES string of the molecule is C=CCCC(=O)N(CC(F)(F)F)[C@@H]1C=C(C(=O)NCCO)[C@@H]2c3ccccc3O[C@@H]2[C@H]1O. The smallest absolute Gasteiger partial charge is 0.406 e. The van der Waals surface area contributed by atoms with Crippen LogP contribution in [0.3, 0.4) is 0 Å². The maximum absolute atomic E-state index is 13.3. The molecule has 0 bridgehead atoms. The molecule has 174 valence electrons. The van der Waals surface area contributed by atoms with Gasteiger partial charge in [-0.25, -0.2) is 0 Å². The van der Waals surface area contributed by atoms with Gasteiger partial charge in [-0.05, 0) is 18.6 Å². The summed E-state index contributed by atoms with van der Waals surface area (Å²) in [6.45, 7) is 1.50. The number of fused-ring (bicyclic) bond motifs is 3. The van der Waals surface area contributed by atoms with Gasteiger partial charge in [0.25, 0.3) is 0 Å². The van der Waals surface area contributed by atoms with Crippen molar-refractivity contribution in [1.29, 1.82) is 0 Å². The second-order valence-corrected chi connectivity index (χ2v) is 7.64. The van der Waals surface area contributed by atoms with E-state index in [4.69, 9.17) is 9.84 Å². The average Bonchev–Trinajstić information content (AvgIpc) is 3.14. The van der Waals surface area contributed by atoms with Crippen LogP contribution in [0.1, 0.15) is 24.3 Å². The van der Waals surface area contributed by atoms with Crippen molar-refractivity contribution in [3.8, 4) is 5.75 Å². The number of rotatable bonds is 8.